The Morgan fingerprint density at radius 1 is 1.17 bits per heavy atom. The molecule has 2 aromatic rings. The summed E-state index contributed by atoms with van der Waals surface area (Å²) in [4.78, 5) is 0. The number of nitriles is 1. The minimum Gasteiger partial charge on any atom is -0.366 e. The zero-order valence-electron chi connectivity index (χ0n) is 9.40. The van der Waals surface area contributed by atoms with Crippen molar-refractivity contribution in [1.29, 1.82) is 5.26 Å². The molecule has 0 spiro atoms. The van der Waals surface area contributed by atoms with Crippen LogP contribution in [-0.4, -0.2) is 0 Å². The third kappa shape index (κ3) is 3.08. The lowest BCUT2D eigenvalue weighted by atomic mass is 10.1. The zero-order valence-corrected chi connectivity index (χ0v) is 11.0. The molecule has 1 atom stereocenters. The summed E-state index contributed by atoms with van der Waals surface area (Å²) in [5.41, 5.74) is 1.41. The molecule has 0 bridgehead atoms. The Bertz CT molecular complexity index is 592. The van der Waals surface area contributed by atoms with Crippen LogP contribution in [0.1, 0.15) is 11.6 Å². The molecule has 90 valence electrons. The SMILES string of the molecule is N#CC(Nc1cccc(Br)c1)c1cccc(F)c1. The molecule has 1 unspecified atom stereocenters. The minimum atomic E-state index is -0.574. The van der Waals surface area contributed by atoms with Crippen LogP contribution >= 0.6 is 15.9 Å². The van der Waals surface area contributed by atoms with Crippen LogP contribution in [0.2, 0.25) is 0 Å². The summed E-state index contributed by atoms with van der Waals surface area (Å²) in [7, 11) is 0. The number of benzene rings is 2. The van der Waals surface area contributed by atoms with Crippen LogP contribution in [0, 0.1) is 17.1 Å². The van der Waals surface area contributed by atoms with E-state index in [-0.39, 0.29) is 5.82 Å². The molecular weight excluding hydrogens is 295 g/mol. The van der Waals surface area contributed by atoms with Gasteiger partial charge in [0.2, 0.25) is 0 Å². The van der Waals surface area contributed by atoms with E-state index in [1.165, 1.54) is 12.1 Å². The van der Waals surface area contributed by atoms with Crippen LogP contribution in [0.4, 0.5) is 10.1 Å². The molecule has 0 aliphatic heterocycles. The third-order valence-electron chi connectivity index (χ3n) is 2.45. The van der Waals surface area contributed by atoms with Gasteiger partial charge in [-0.25, -0.2) is 4.39 Å². The van der Waals surface area contributed by atoms with Crippen molar-refractivity contribution in [3.63, 3.8) is 0 Å². The van der Waals surface area contributed by atoms with Crippen molar-refractivity contribution in [2.45, 2.75) is 6.04 Å². The summed E-state index contributed by atoms with van der Waals surface area (Å²) in [6, 6.07) is 15.1. The summed E-state index contributed by atoms with van der Waals surface area (Å²) in [6.07, 6.45) is 0. The molecule has 0 radical (unpaired) electrons. The average molecular weight is 305 g/mol. The lowest BCUT2D eigenvalue weighted by Gasteiger charge is -2.13. The highest BCUT2D eigenvalue weighted by atomic mass is 79.9. The predicted molar refractivity (Wildman–Crippen MR) is 72.5 cm³/mol. The Morgan fingerprint density at radius 3 is 2.61 bits per heavy atom. The molecule has 0 aliphatic rings. The second kappa shape index (κ2) is 5.65. The van der Waals surface area contributed by atoms with Crippen molar-refractivity contribution in [3.8, 4) is 6.07 Å². The quantitative estimate of drug-likeness (QED) is 0.919. The van der Waals surface area contributed by atoms with Gasteiger partial charge in [-0.3, -0.25) is 0 Å². The van der Waals surface area contributed by atoms with E-state index in [2.05, 4.69) is 27.3 Å². The molecule has 0 saturated heterocycles. The molecule has 0 aromatic heterocycles. The van der Waals surface area contributed by atoms with E-state index in [1.54, 1.807) is 12.1 Å². The standard InChI is InChI=1S/C14H10BrFN2/c15-11-4-2-6-13(8-11)18-14(9-17)10-3-1-5-12(16)7-10/h1-8,14,18H. The first-order valence-corrected chi connectivity index (χ1v) is 6.15. The van der Waals surface area contributed by atoms with Gasteiger partial charge in [0.25, 0.3) is 0 Å². The molecular formula is C14H10BrFN2. The van der Waals surface area contributed by atoms with Crippen molar-refractivity contribution in [1.82, 2.24) is 0 Å². The molecule has 0 aliphatic carbocycles. The van der Waals surface area contributed by atoms with Crippen molar-refractivity contribution in [2.75, 3.05) is 5.32 Å². The van der Waals surface area contributed by atoms with Gasteiger partial charge in [-0.05, 0) is 35.9 Å². The number of hydrogen-bond acceptors (Lipinski definition) is 2. The molecule has 0 fully saturated rings. The predicted octanol–water partition coefficient (Wildman–Crippen LogP) is 4.26. The van der Waals surface area contributed by atoms with Gasteiger partial charge in [-0.15, -0.1) is 0 Å². The van der Waals surface area contributed by atoms with E-state index < -0.39 is 6.04 Å². The zero-order chi connectivity index (χ0) is 13.0. The van der Waals surface area contributed by atoms with Gasteiger partial charge >= 0.3 is 0 Å². The number of anilines is 1. The van der Waals surface area contributed by atoms with Crippen LogP contribution in [0.25, 0.3) is 0 Å². The van der Waals surface area contributed by atoms with E-state index >= 15 is 0 Å². The Morgan fingerprint density at radius 2 is 1.94 bits per heavy atom. The molecule has 18 heavy (non-hydrogen) atoms. The maximum absolute atomic E-state index is 13.1. The average Bonchev–Trinajstić information content (AvgIpc) is 2.36. The highest BCUT2D eigenvalue weighted by Crippen LogP contribution is 2.22. The van der Waals surface area contributed by atoms with Gasteiger partial charge in [0.15, 0.2) is 0 Å². The number of nitrogens with zero attached hydrogens (tertiary/aromatic N) is 1. The maximum Gasteiger partial charge on any atom is 0.140 e. The van der Waals surface area contributed by atoms with Crippen molar-refractivity contribution in [2.24, 2.45) is 0 Å². The van der Waals surface area contributed by atoms with Crippen LogP contribution in [0.15, 0.2) is 53.0 Å². The normalized spacial score (nSPS) is 11.6. The Labute approximate surface area is 113 Å². The van der Waals surface area contributed by atoms with Gasteiger partial charge in [0, 0.05) is 10.2 Å². The van der Waals surface area contributed by atoms with E-state index in [0.29, 0.717) is 5.56 Å². The fourth-order valence-electron chi connectivity index (χ4n) is 1.62. The van der Waals surface area contributed by atoms with Gasteiger partial charge in [0.1, 0.15) is 11.9 Å². The Hall–Kier alpha value is -1.86. The van der Waals surface area contributed by atoms with Crippen molar-refractivity contribution >= 4 is 21.6 Å². The Balaban J connectivity index is 2.23. The van der Waals surface area contributed by atoms with Gasteiger partial charge in [-0.2, -0.15) is 5.26 Å². The summed E-state index contributed by atoms with van der Waals surface area (Å²) in [5.74, 6) is -0.344. The third-order valence-corrected chi connectivity index (χ3v) is 2.94. The molecule has 0 amide bonds. The molecule has 4 heteroatoms. The van der Waals surface area contributed by atoms with Crippen molar-refractivity contribution < 1.29 is 4.39 Å². The lowest BCUT2D eigenvalue weighted by molar-refractivity contribution is 0.625. The number of rotatable bonds is 3. The summed E-state index contributed by atoms with van der Waals surface area (Å²) in [5, 5.41) is 12.2. The first-order valence-electron chi connectivity index (χ1n) is 5.36. The first-order chi connectivity index (χ1) is 8.69. The maximum atomic E-state index is 13.1. The summed E-state index contributed by atoms with van der Waals surface area (Å²) >= 11 is 3.36. The lowest BCUT2D eigenvalue weighted by Crippen LogP contribution is -2.08. The fourth-order valence-corrected chi connectivity index (χ4v) is 2.02. The van der Waals surface area contributed by atoms with Crippen LogP contribution in [0.3, 0.4) is 0 Å². The second-order valence-corrected chi connectivity index (χ2v) is 4.69. The van der Waals surface area contributed by atoms with E-state index in [4.69, 9.17) is 5.26 Å². The highest BCUT2D eigenvalue weighted by molar-refractivity contribution is 9.10. The highest BCUT2D eigenvalue weighted by Gasteiger charge is 2.10. The van der Waals surface area contributed by atoms with Gasteiger partial charge in [-0.1, -0.05) is 34.1 Å². The number of hydrogen-bond donors (Lipinski definition) is 1. The largest absolute Gasteiger partial charge is 0.366 e. The summed E-state index contributed by atoms with van der Waals surface area (Å²) in [6.45, 7) is 0. The van der Waals surface area contributed by atoms with E-state index in [1.807, 2.05) is 24.3 Å². The topological polar surface area (TPSA) is 35.8 Å². The smallest absolute Gasteiger partial charge is 0.140 e. The van der Waals surface area contributed by atoms with Crippen LogP contribution in [0.5, 0.6) is 0 Å². The first kappa shape index (κ1) is 12.6. The molecule has 0 saturated carbocycles. The molecule has 2 rings (SSSR count). The number of halogens is 2. The monoisotopic (exact) mass is 304 g/mol. The van der Waals surface area contributed by atoms with Crippen molar-refractivity contribution in [3.05, 3.63) is 64.4 Å². The Kier molecular flexibility index (Phi) is 3.96. The van der Waals surface area contributed by atoms with E-state index in [9.17, 15) is 4.39 Å². The molecule has 2 aromatic carbocycles. The molecule has 2 nitrogen and oxygen atoms in total. The minimum absolute atomic E-state index is 0.344. The van der Waals surface area contributed by atoms with Crippen LogP contribution < -0.4 is 5.32 Å². The van der Waals surface area contributed by atoms with Gasteiger partial charge < -0.3 is 5.32 Å². The number of nitrogens with one attached hydrogen (secondary N) is 1. The van der Waals surface area contributed by atoms with Crippen LogP contribution in [-0.2, 0) is 0 Å². The van der Waals surface area contributed by atoms with Gasteiger partial charge in [0.05, 0.1) is 6.07 Å². The molecule has 0 heterocycles. The summed E-state index contributed by atoms with van der Waals surface area (Å²) < 4.78 is 14.0. The van der Waals surface area contributed by atoms with E-state index in [0.717, 1.165) is 10.2 Å². The molecule has 1 N–H and O–H groups in total. The fraction of sp³-hybridized carbons (Fsp3) is 0.0714. The second-order valence-electron chi connectivity index (χ2n) is 3.77.